The van der Waals surface area contributed by atoms with E-state index < -0.39 is 51.6 Å². The maximum absolute atomic E-state index is 13.6. The second kappa shape index (κ2) is 4.60. The fourth-order valence-electron chi connectivity index (χ4n) is 1.65. The minimum Gasteiger partial charge on any atom is -0.204 e. The van der Waals surface area contributed by atoms with E-state index in [1.165, 1.54) is 0 Å². The Morgan fingerprint density at radius 3 is 1.68 bits per heavy atom. The third-order valence-electron chi connectivity index (χ3n) is 2.69. The molecule has 2 aromatic rings. The van der Waals surface area contributed by atoms with Gasteiger partial charge in [-0.3, -0.25) is 0 Å². The van der Waals surface area contributed by atoms with Crippen LogP contribution in [0.4, 0.5) is 26.3 Å². The molecule has 0 aliphatic rings. The van der Waals surface area contributed by atoms with Gasteiger partial charge in [0, 0.05) is 5.56 Å². The molecule has 0 aromatic heterocycles. The van der Waals surface area contributed by atoms with Crippen LogP contribution in [0.5, 0.6) is 0 Å². The van der Waals surface area contributed by atoms with Crippen LogP contribution in [0, 0.1) is 41.8 Å². The smallest absolute Gasteiger partial charge is 0.170 e. The Bertz CT molecular complexity index is 634. The largest absolute Gasteiger partial charge is 0.204 e. The van der Waals surface area contributed by atoms with Crippen molar-refractivity contribution in [3.05, 3.63) is 58.7 Å². The van der Waals surface area contributed by atoms with Gasteiger partial charge in [-0.05, 0) is 24.6 Å². The van der Waals surface area contributed by atoms with Gasteiger partial charge in [0.05, 0.1) is 5.56 Å². The third-order valence-corrected chi connectivity index (χ3v) is 2.69. The summed E-state index contributed by atoms with van der Waals surface area (Å²) in [6, 6.07) is 1.90. The molecule has 0 aliphatic heterocycles. The summed E-state index contributed by atoms with van der Waals surface area (Å²) in [5.74, 6) is -9.06. The van der Waals surface area contributed by atoms with Crippen molar-refractivity contribution in [3.8, 4) is 11.1 Å². The number of halogens is 6. The lowest BCUT2D eigenvalue weighted by atomic mass is 10.0. The lowest BCUT2D eigenvalue weighted by Crippen LogP contribution is -2.03. The maximum Gasteiger partial charge on any atom is 0.170 e. The fourth-order valence-corrected chi connectivity index (χ4v) is 1.65. The molecule has 0 fully saturated rings. The SMILES string of the molecule is Cc1c(F)c(F)c(-c2ccc(F)c(F)c2)c(F)c1F. The molecule has 0 nitrogen and oxygen atoms in total. The normalized spacial score (nSPS) is 10.9. The maximum atomic E-state index is 13.6. The van der Waals surface area contributed by atoms with Crippen molar-refractivity contribution < 1.29 is 26.3 Å². The molecule has 0 spiro atoms. The van der Waals surface area contributed by atoms with E-state index in [9.17, 15) is 26.3 Å². The Balaban J connectivity index is 2.79. The van der Waals surface area contributed by atoms with Crippen molar-refractivity contribution in [2.24, 2.45) is 0 Å². The Hall–Kier alpha value is -1.98. The van der Waals surface area contributed by atoms with Crippen LogP contribution >= 0.6 is 0 Å². The molecule has 0 atom stereocenters. The zero-order valence-electron chi connectivity index (χ0n) is 9.50. The Kier molecular flexibility index (Phi) is 3.26. The van der Waals surface area contributed by atoms with Gasteiger partial charge >= 0.3 is 0 Å². The summed E-state index contributed by atoms with van der Waals surface area (Å²) < 4.78 is 79.7. The first-order valence-electron chi connectivity index (χ1n) is 5.12. The average molecular weight is 276 g/mol. The molecule has 0 radical (unpaired) electrons. The van der Waals surface area contributed by atoms with Crippen molar-refractivity contribution in [1.82, 2.24) is 0 Å². The summed E-state index contributed by atoms with van der Waals surface area (Å²) in [4.78, 5) is 0. The summed E-state index contributed by atoms with van der Waals surface area (Å²) in [6.07, 6.45) is 0. The molecule has 0 unspecified atom stereocenters. The van der Waals surface area contributed by atoms with Gasteiger partial charge in [-0.1, -0.05) is 6.07 Å². The molecular weight excluding hydrogens is 270 g/mol. The van der Waals surface area contributed by atoms with Crippen LogP contribution in [0.3, 0.4) is 0 Å². The number of rotatable bonds is 1. The molecule has 19 heavy (non-hydrogen) atoms. The van der Waals surface area contributed by atoms with Crippen LogP contribution in [0.2, 0.25) is 0 Å². The van der Waals surface area contributed by atoms with E-state index in [0.29, 0.717) is 12.1 Å². The van der Waals surface area contributed by atoms with Crippen molar-refractivity contribution in [3.63, 3.8) is 0 Å². The van der Waals surface area contributed by atoms with Gasteiger partial charge in [0.15, 0.2) is 34.9 Å². The summed E-state index contributed by atoms with van der Waals surface area (Å²) >= 11 is 0. The van der Waals surface area contributed by atoms with Gasteiger partial charge < -0.3 is 0 Å². The zero-order chi connectivity index (χ0) is 14.3. The highest BCUT2D eigenvalue weighted by atomic mass is 19.2. The van der Waals surface area contributed by atoms with Crippen molar-refractivity contribution in [1.29, 1.82) is 0 Å². The minimum atomic E-state index is -1.65. The van der Waals surface area contributed by atoms with Crippen LogP contribution in [-0.2, 0) is 0 Å². The molecule has 0 N–H and O–H groups in total. The molecule has 0 bridgehead atoms. The average Bonchev–Trinajstić information content (AvgIpc) is 2.38. The number of hydrogen-bond acceptors (Lipinski definition) is 0. The predicted molar refractivity (Wildman–Crippen MR) is 56.4 cm³/mol. The van der Waals surface area contributed by atoms with Crippen LogP contribution in [-0.4, -0.2) is 0 Å². The lowest BCUT2D eigenvalue weighted by molar-refractivity contribution is 0.449. The molecule has 2 aromatic carbocycles. The summed E-state index contributed by atoms with van der Waals surface area (Å²) in [5, 5.41) is 0. The fraction of sp³-hybridized carbons (Fsp3) is 0.0769. The molecule has 2 rings (SSSR count). The van der Waals surface area contributed by atoms with Crippen LogP contribution in [0.15, 0.2) is 18.2 Å². The molecule has 0 heterocycles. The highest BCUT2D eigenvalue weighted by Crippen LogP contribution is 2.32. The quantitative estimate of drug-likeness (QED) is 0.531. The highest BCUT2D eigenvalue weighted by Gasteiger charge is 2.24. The van der Waals surface area contributed by atoms with E-state index in [4.69, 9.17) is 0 Å². The summed E-state index contributed by atoms with van der Waals surface area (Å²) in [7, 11) is 0. The molecule has 0 aliphatic carbocycles. The third kappa shape index (κ3) is 2.07. The molecule has 0 saturated carbocycles. The van der Waals surface area contributed by atoms with Gasteiger partial charge in [0.1, 0.15) is 0 Å². The van der Waals surface area contributed by atoms with Crippen LogP contribution in [0.25, 0.3) is 11.1 Å². The highest BCUT2D eigenvalue weighted by molar-refractivity contribution is 5.66. The second-order valence-electron chi connectivity index (χ2n) is 3.88. The van der Waals surface area contributed by atoms with E-state index >= 15 is 0 Å². The van der Waals surface area contributed by atoms with E-state index in [2.05, 4.69) is 0 Å². The second-order valence-corrected chi connectivity index (χ2v) is 3.88. The molecule has 6 heteroatoms. The van der Waals surface area contributed by atoms with Gasteiger partial charge in [-0.2, -0.15) is 0 Å². The van der Waals surface area contributed by atoms with E-state index in [1.807, 2.05) is 0 Å². The van der Waals surface area contributed by atoms with Crippen molar-refractivity contribution >= 4 is 0 Å². The van der Waals surface area contributed by atoms with Crippen LogP contribution < -0.4 is 0 Å². The lowest BCUT2D eigenvalue weighted by Gasteiger charge is -2.10. The predicted octanol–water partition coefficient (Wildman–Crippen LogP) is 4.50. The van der Waals surface area contributed by atoms with E-state index in [1.54, 1.807) is 0 Å². The summed E-state index contributed by atoms with van der Waals surface area (Å²) in [5.41, 5.74) is -2.38. The number of hydrogen-bond donors (Lipinski definition) is 0. The molecule has 0 amide bonds. The molecule has 0 saturated heterocycles. The first-order valence-corrected chi connectivity index (χ1v) is 5.12. The first-order chi connectivity index (χ1) is 8.84. The standard InChI is InChI=1S/C13H6F6/c1-5-10(16)12(18)9(13(19)11(5)17)6-2-3-7(14)8(15)4-6/h2-4H,1H3. The summed E-state index contributed by atoms with van der Waals surface area (Å²) in [6.45, 7) is 0.867. The topological polar surface area (TPSA) is 0 Å². The van der Waals surface area contributed by atoms with E-state index in [-0.39, 0.29) is 0 Å². The van der Waals surface area contributed by atoms with Crippen LogP contribution in [0.1, 0.15) is 5.56 Å². The zero-order valence-corrected chi connectivity index (χ0v) is 9.50. The molecule has 100 valence electrons. The molecular formula is C13H6F6. The van der Waals surface area contributed by atoms with Gasteiger partial charge in [-0.15, -0.1) is 0 Å². The van der Waals surface area contributed by atoms with Crippen molar-refractivity contribution in [2.75, 3.05) is 0 Å². The Morgan fingerprint density at radius 2 is 1.21 bits per heavy atom. The van der Waals surface area contributed by atoms with Crippen molar-refractivity contribution in [2.45, 2.75) is 6.92 Å². The first kappa shape index (κ1) is 13.5. The Labute approximate surface area is 104 Å². The van der Waals surface area contributed by atoms with Gasteiger partial charge in [0.25, 0.3) is 0 Å². The Morgan fingerprint density at radius 1 is 0.684 bits per heavy atom. The number of benzene rings is 2. The van der Waals surface area contributed by atoms with Gasteiger partial charge in [0.2, 0.25) is 0 Å². The van der Waals surface area contributed by atoms with E-state index in [0.717, 1.165) is 13.0 Å². The van der Waals surface area contributed by atoms with Gasteiger partial charge in [-0.25, -0.2) is 26.3 Å². The minimum absolute atomic E-state index is 0.463. The monoisotopic (exact) mass is 276 g/mol.